The lowest BCUT2D eigenvalue weighted by Crippen LogP contribution is -2.14. The molecule has 1 rings (SSSR count). The average Bonchev–Trinajstić information content (AvgIpc) is 2.41. The summed E-state index contributed by atoms with van der Waals surface area (Å²) in [5, 5.41) is 3.23. The molecule has 1 aliphatic rings. The molecule has 0 bridgehead atoms. The van der Waals surface area contributed by atoms with Gasteiger partial charge in [0.25, 0.3) is 0 Å². The highest BCUT2D eigenvalue weighted by Crippen LogP contribution is 2.06. The molecule has 1 aliphatic heterocycles. The van der Waals surface area contributed by atoms with Crippen LogP contribution < -0.4 is 5.32 Å². The fourth-order valence-corrected chi connectivity index (χ4v) is 1.16. The minimum atomic E-state index is -0.361. The Kier molecular flexibility index (Phi) is 3.68. The summed E-state index contributed by atoms with van der Waals surface area (Å²) in [7, 11) is 0. The highest BCUT2D eigenvalue weighted by atomic mass is 19.1. The zero-order valence-electron chi connectivity index (χ0n) is 6.11. The van der Waals surface area contributed by atoms with Gasteiger partial charge < -0.3 is 10.1 Å². The molecular weight excluding hydrogens is 133 g/mol. The Morgan fingerprint density at radius 3 is 3.10 bits per heavy atom. The van der Waals surface area contributed by atoms with Gasteiger partial charge in [0.05, 0.1) is 13.2 Å². The van der Waals surface area contributed by atoms with E-state index in [2.05, 4.69) is 5.32 Å². The molecule has 1 fully saturated rings. The second kappa shape index (κ2) is 4.63. The summed E-state index contributed by atoms with van der Waals surface area (Å²) in [6, 6.07) is 0. The molecule has 0 amide bonds. The lowest BCUT2D eigenvalue weighted by Gasteiger charge is -2.06. The molecule has 1 N–H and O–H groups in total. The summed E-state index contributed by atoms with van der Waals surface area (Å²) in [5.41, 5.74) is 0. The summed E-state index contributed by atoms with van der Waals surface area (Å²) in [6.07, 6.45) is 1.17. The van der Waals surface area contributed by atoms with Crippen LogP contribution in [0.1, 0.15) is 6.42 Å². The van der Waals surface area contributed by atoms with E-state index in [1.54, 1.807) is 0 Å². The molecule has 1 heterocycles. The van der Waals surface area contributed by atoms with E-state index in [1.165, 1.54) is 6.42 Å². The van der Waals surface area contributed by atoms with Crippen LogP contribution in [0.2, 0.25) is 0 Å². The third-order valence-corrected chi connectivity index (χ3v) is 1.74. The van der Waals surface area contributed by atoms with E-state index in [-0.39, 0.29) is 13.3 Å². The first-order chi connectivity index (χ1) is 4.93. The van der Waals surface area contributed by atoms with Gasteiger partial charge in [0.1, 0.15) is 6.67 Å². The highest BCUT2D eigenvalue weighted by molar-refractivity contribution is 4.69. The zero-order valence-corrected chi connectivity index (χ0v) is 6.11. The van der Waals surface area contributed by atoms with Crippen molar-refractivity contribution in [2.24, 2.45) is 5.92 Å². The third kappa shape index (κ3) is 2.62. The van der Waals surface area contributed by atoms with E-state index in [9.17, 15) is 4.39 Å². The average molecular weight is 147 g/mol. The molecule has 0 saturated carbocycles. The zero-order chi connectivity index (χ0) is 7.23. The van der Waals surface area contributed by atoms with Gasteiger partial charge in [-0.15, -0.1) is 0 Å². The van der Waals surface area contributed by atoms with Crippen molar-refractivity contribution >= 4 is 0 Å². The summed E-state index contributed by atoms with van der Waals surface area (Å²) < 4.78 is 16.6. The molecule has 2 nitrogen and oxygen atoms in total. The largest absolute Gasteiger partial charge is 0.378 e. The first-order valence-electron chi connectivity index (χ1n) is 3.78. The number of hydrogen-bond acceptors (Lipinski definition) is 2. The maximum absolute atomic E-state index is 11.5. The van der Waals surface area contributed by atoms with Gasteiger partial charge in [0.15, 0.2) is 0 Å². The Labute approximate surface area is 60.8 Å². The molecule has 3 heteroatoms. The van der Waals surface area contributed by atoms with Gasteiger partial charge in [0, 0.05) is 6.54 Å². The van der Waals surface area contributed by atoms with Crippen LogP contribution in [0.15, 0.2) is 0 Å². The standard InChI is InChI=1S/C7H14FNO/c8-2-4-10-6-7-1-3-9-5-7/h7,9H,1-6H2/t7-/m0/s1. The van der Waals surface area contributed by atoms with Crippen molar-refractivity contribution < 1.29 is 9.13 Å². The van der Waals surface area contributed by atoms with Gasteiger partial charge in [-0.2, -0.15) is 0 Å². The lowest BCUT2D eigenvalue weighted by atomic mass is 10.1. The molecule has 1 atom stereocenters. The molecule has 0 aliphatic carbocycles. The highest BCUT2D eigenvalue weighted by Gasteiger charge is 2.13. The maximum Gasteiger partial charge on any atom is 0.113 e. The summed E-state index contributed by atoms with van der Waals surface area (Å²) in [4.78, 5) is 0. The molecule has 0 aromatic carbocycles. The number of alkyl halides is 1. The number of ether oxygens (including phenoxy) is 1. The van der Waals surface area contributed by atoms with Crippen LogP contribution in [0.3, 0.4) is 0 Å². The van der Waals surface area contributed by atoms with Crippen LogP contribution in [0, 0.1) is 5.92 Å². The Hall–Kier alpha value is -0.150. The Bertz CT molecular complexity index is 83.7. The van der Waals surface area contributed by atoms with Gasteiger partial charge in [0.2, 0.25) is 0 Å². The Balaban J connectivity index is 1.91. The van der Waals surface area contributed by atoms with Gasteiger partial charge in [-0.25, -0.2) is 4.39 Å². The predicted octanol–water partition coefficient (Wildman–Crippen LogP) is 0.582. The van der Waals surface area contributed by atoms with Crippen molar-refractivity contribution in [3.8, 4) is 0 Å². The monoisotopic (exact) mass is 147 g/mol. The molecule has 0 spiro atoms. The molecule has 0 aromatic rings. The van der Waals surface area contributed by atoms with Crippen molar-refractivity contribution in [2.45, 2.75) is 6.42 Å². The fourth-order valence-electron chi connectivity index (χ4n) is 1.16. The Morgan fingerprint density at radius 2 is 2.50 bits per heavy atom. The van der Waals surface area contributed by atoms with Gasteiger partial charge in [-0.3, -0.25) is 0 Å². The van der Waals surface area contributed by atoms with Crippen molar-refractivity contribution in [1.82, 2.24) is 5.32 Å². The quantitative estimate of drug-likeness (QED) is 0.587. The van der Waals surface area contributed by atoms with E-state index in [0.29, 0.717) is 5.92 Å². The normalized spacial score (nSPS) is 25.5. The maximum atomic E-state index is 11.5. The third-order valence-electron chi connectivity index (χ3n) is 1.74. The van der Waals surface area contributed by atoms with E-state index in [4.69, 9.17) is 4.74 Å². The summed E-state index contributed by atoms with van der Waals surface area (Å²) in [5.74, 6) is 0.617. The molecule has 0 unspecified atom stereocenters. The molecule has 1 saturated heterocycles. The predicted molar refractivity (Wildman–Crippen MR) is 37.8 cm³/mol. The van der Waals surface area contributed by atoms with E-state index < -0.39 is 0 Å². The minimum Gasteiger partial charge on any atom is -0.378 e. The number of nitrogens with one attached hydrogen (secondary N) is 1. The number of halogens is 1. The first kappa shape index (κ1) is 7.95. The summed E-state index contributed by atoms with van der Waals surface area (Å²) >= 11 is 0. The van der Waals surface area contributed by atoms with Crippen LogP contribution in [0.4, 0.5) is 4.39 Å². The minimum absolute atomic E-state index is 0.260. The molecule has 0 aromatic heterocycles. The number of hydrogen-bond donors (Lipinski definition) is 1. The van der Waals surface area contributed by atoms with Crippen LogP contribution in [-0.4, -0.2) is 33.0 Å². The summed E-state index contributed by atoms with van der Waals surface area (Å²) in [6.45, 7) is 2.74. The first-order valence-corrected chi connectivity index (χ1v) is 3.78. The molecule has 0 radical (unpaired) electrons. The Morgan fingerprint density at radius 1 is 1.60 bits per heavy atom. The van der Waals surface area contributed by atoms with Crippen molar-refractivity contribution in [3.05, 3.63) is 0 Å². The molecule has 60 valence electrons. The van der Waals surface area contributed by atoms with Gasteiger partial charge in [-0.05, 0) is 18.9 Å². The van der Waals surface area contributed by atoms with Crippen LogP contribution in [-0.2, 0) is 4.74 Å². The van der Waals surface area contributed by atoms with Crippen molar-refractivity contribution in [1.29, 1.82) is 0 Å². The molecular formula is C7H14FNO. The van der Waals surface area contributed by atoms with Crippen molar-refractivity contribution in [2.75, 3.05) is 33.0 Å². The number of rotatable bonds is 4. The SMILES string of the molecule is FCCOC[C@H]1CCNC1. The second-order valence-corrected chi connectivity index (χ2v) is 2.62. The van der Waals surface area contributed by atoms with Crippen molar-refractivity contribution in [3.63, 3.8) is 0 Å². The van der Waals surface area contributed by atoms with E-state index in [0.717, 1.165) is 19.7 Å². The second-order valence-electron chi connectivity index (χ2n) is 2.62. The molecule has 10 heavy (non-hydrogen) atoms. The van der Waals surface area contributed by atoms with Gasteiger partial charge in [-0.1, -0.05) is 0 Å². The smallest absolute Gasteiger partial charge is 0.113 e. The topological polar surface area (TPSA) is 21.3 Å². The van der Waals surface area contributed by atoms with E-state index >= 15 is 0 Å². The van der Waals surface area contributed by atoms with Gasteiger partial charge >= 0.3 is 0 Å². The fraction of sp³-hybridized carbons (Fsp3) is 1.00. The lowest BCUT2D eigenvalue weighted by molar-refractivity contribution is 0.0931. The van der Waals surface area contributed by atoms with Crippen LogP contribution in [0.25, 0.3) is 0 Å². The van der Waals surface area contributed by atoms with Crippen LogP contribution >= 0.6 is 0 Å². The van der Waals surface area contributed by atoms with Crippen LogP contribution in [0.5, 0.6) is 0 Å². The van der Waals surface area contributed by atoms with E-state index in [1.807, 2.05) is 0 Å².